The van der Waals surface area contributed by atoms with Gasteiger partial charge in [-0.15, -0.1) is 0 Å². The summed E-state index contributed by atoms with van der Waals surface area (Å²) in [6, 6.07) is 83.2. The van der Waals surface area contributed by atoms with Gasteiger partial charge in [-0.05, 0) is 196 Å². The van der Waals surface area contributed by atoms with E-state index >= 15 is 0 Å². The van der Waals surface area contributed by atoms with Crippen molar-refractivity contribution in [3.63, 3.8) is 0 Å². The van der Waals surface area contributed by atoms with Gasteiger partial charge >= 0.3 is 0 Å². The zero-order chi connectivity index (χ0) is 104. The van der Waals surface area contributed by atoms with Crippen molar-refractivity contribution in [1.82, 2.24) is 76.8 Å². The summed E-state index contributed by atoms with van der Waals surface area (Å²) in [5.41, 5.74) is 10.9. The Hall–Kier alpha value is -20.1. The molecule has 0 aliphatic heterocycles. The first-order valence-electron chi connectivity index (χ1n) is 46.7. The van der Waals surface area contributed by atoms with Gasteiger partial charge in [0.25, 0.3) is 33.4 Å². The molecule has 722 valence electrons. The number of nitrogens with one attached hydrogen (secondary N) is 5. The van der Waals surface area contributed by atoms with Crippen LogP contribution in [0.25, 0.3) is 130 Å². The summed E-state index contributed by atoms with van der Waals surface area (Å²) in [5, 5.41) is 18.4. The van der Waals surface area contributed by atoms with E-state index in [4.69, 9.17) is 26.3 Å². The summed E-state index contributed by atoms with van der Waals surface area (Å²) in [6.07, 6.45) is 9.41. The summed E-state index contributed by atoms with van der Waals surface area (Å²) in [5.74, 6) is 3.82. The lowest BCUT2D eigenvalue weighted by atomic mass is 9.98. The van der Waals surface area contributed by atoms with Crippen LogP contribution in [-0.4, -0.2) is 76.8 Å². The number of pyridine rings is 8. The molecule has 5 N–H and O–H groups in total. The van der Waals surface area contributed by atoms with Crippen LogP contribution in [0.15, 0.2) is 355 Å². The summed E-state index contributed by atoms with van der Waals surface area (Å²) >= 11 is 0. The fourth-order valence-corrected chi connectivity index (χ4v) is 17.7. The second kappa shape index (κ2) is 42.9. The van der Waals surface area contributed by atoms with Gasteiger partial charge in [0, 0.05) is 145 Å². The van der Waals surface area contributed by atoms with Crippen LogP contribution >= 0.6 is 0 Å². The summed E-state index contributed by atoms with van der Waals surface area (Å²) in [7, 11) is 5.08. The van der Waals surface area contributed by atoms with Crippen molar-refractivity contribution >= 4 is 89.1 Å². The van der Waals surface area contributed by atoms with Crippen LogP contribution in [0.2, 0.25) is 0 Å². The molecule has 4 atom stereocenters. The number of anilines is 4. The first-order valence-corrected chi connectivity index (χ1v) is 46.7. The molecule has 0 amide bonds. The lowest BCUT2D eigenvalue weighted by molar-refractivity contribution is 0.772. The molecule has 0 fully saturated rings. The number of benzene rings is 8. The fourth-order valence-electron chi connectivity index (χ4n) is 17.7. The predicted octanol–water partition coefficient (Wildman–Crippen LogP) is 20.7. The van der Waals surface area contributed by atoms with E-state index in [9.17, 15) is 38.4 Å². The second-order valence-corrected chi connectivity index (χ2v) is 34.7. The molecule has 32 nitrogen and oxygen atoms in total. The number of hydrogen-bond donors (Lipinski definition) is 5. The van der Waals surface area contributed by atoms with E-state index in [1.165, 1.54) is 52.1 Å². The SMILES string of the molecule is [C-]#[N+]c1cnc(C)nc1N[C@@H](C)c1cc2cccc(-c3ccc(=O)n(C)c3)c2c(=O)n1-c1ccccc1.[C-]#[N+]c1cnc(C)nc1N[C@@H](C)c1cc2cccc(-c3cccc(=O)[nH]3)c2c(=O)n1-c1ccccc1.[C-]#[N+]c1cnc(C)nc1N[C@@H](C)c1cc2cccc(-c3cccc(=O)n3C)c2c(=O)n1-c1ccccc1.[C-]#[N+]c1cnc(C)nc1N[C@@H](C)c1cc2cccc(-c3ccn(C)c(=O)c3)c2c(=O)n1-c1ccccc1. The van der Waals surface area contributed by atoms with E-state index in [2.05, 4.69) is 85.5 Å². The zero-order valence-corrected chi connectivity index (χ0v) is 81.6. The number of aryl methyl sites for hydroxylation is 6. The minimum atomic E-state index is -0.378. The van der Waals surface area contributed by atoms with Gasteiger partial charge in [0.2, 0.25) is 33.9 Å². The topological polar surface area (TPSA) is 356 Å². The molecule has 12 aromatic heterocycles. The van der Waals surface area contributed by atoms with Crippen molar-refractivity contribution in [2.45, 2.75) is 79.6 Å². The van der Waals surface area contributed by atoms with E-state index < -0.39 is 0 Å². The highest BCUT2D eigenvalue weighted by Gasteiger charge is 2.28. The smallest absolute Gasteiger partial charge is 0.263 e. The van der Waals surface area contributed by atoms with Crippen molar-refractivity contribution in [3.05, 3.63) is 491 Å². The lowest BCUT2D eigenvalue weighted by Gasteiger charge is -2.22. The van der Waals surface area contributed by atoms with Gasteiger partial charge < -0.3 is 40.0 Å². The lowest BCUT2D eigenvalue weighted by Crippen LogP contribution is -2.26. The second-order valence-electron chi connectivity index (χ2n) is 34.7. The Balaban J connectivity index is 0.000000134. The van der Waals surface area contributed by atoms with Crippen molar-refractivity contribution in [1.29, 1.82) is 0 Å². The van der Waals surface area contributed by atoms with E-state index in [-0.39, 0.29) is 68.6 Å². The molecule has 20 rings (SSSR count). The van der Waals surface area contributed by atoms with E-state index in [0.29, 0.717) is 164 Å². The molecular formula is C115H94N24O8. The Morgan fingerprint density at radius 2 is 0.626 bits per heavy atom. The fraction of sp³-hybridized carbons (Fsp3) is 0.130. The Kier molecular flexibility index (Phi) is 28.8. The highest BCUT2D eigenvalue weighted by Crippen LogP contribution is 2.39. The van der Waals surface area contributed by atoms with Crippen LogP contribution in [0.5, 0.6) is 0 Å². The maximum absolute atomic E-state index is 14.2. The van der Waals surface area contributed by atoms with Crippen molar-refractivity contribution in [2.24, 2.45) is 21.1 Å². The highest BCUT2D eigenvalue weighted by atomic mass is 16.2. The number of H-pyrrole nitrogens is 1. The standard InChI is InChI=1S/3C29H24N6O2.C28H22N6O2/c1-18(32-28-23(30-3)17-31-19(2)33-28)25-16-20-10-8-13-22(24-14-9-15-26(36)34(24)4)27(20)29(37)35(25)21-11-6-5-7-12-21;1-18(32-28-24(30-3)17-31-19(2)33-28)25-15-21-9-8-12-23(20-13-14-34(4)26(36)16-20)27(21)29(37)35(25)22-10-6-5-7-11-22;1-18(32-28-24(30-3)16-31-19(2)33-28)25-15-20-9-8-12-23(21-13-14-26(36)34(4)17-21)27(20)29(37)35(25)22-10-6-5-7-11-22;1-17(31-27-23(29-3)16-30-18(2)32-27)24-15-19-9-7-12-21(22-13-8-14-25(35)33-22)26(19)28(36)34(24)20-10-5-4-6-11-20/h3*5-18H,1-2,4H3,(H,31,32,33);4-17H,1-2H3,(H,33,35)(H,30,31,32)/t3*18-;17-/m0000/s1. The molecule has 20 aromatic rings. The molecule has 0 bridgehead atoms. The maximum Gasteiger partial charge on any atom is 0.263 e. The Bertz CT molecular complexity index is 9270. The number of aromatic nitrogens is 16. The summed E-state index contributed by atoms with van der Waals surface area (Å²) < 4.78 is 11.2. The predicted molar refractivity (Wildman–Crippen MR) is 577 cm³/mol. The van der Waals surface area contributed by atoms with Crippen molar-refractivity contribution in [2.75, 3.05) is 21.3 Å². The Labute approximate surface area is 841 Å². The third kappa shape index (κ3) is 20.6. The molecule has 147 heavy (non-hydrogen) atoms. The molecule has 0 radical (unpaired) electrons. The van der Waals surface area contributed by atoms with Gasteiger partial charge in [-0.2, -0.15) is 0 Å². The number of hydrogen-bond acceptors (Lipinski definition) is 20. The van der Waals surface area contributed by atoms with E-state index in [0.717, 1.165) is 38.4 Å². The molecule has 0 aliphatic rings. The Morgan fingerprint density at radius 1 is 0.306 bits per heavy atom. The molecule has 0 spiro atoms. The van der Waals surface area contributed by atoms with Crippen molar-refractivity contribution in [3.8, 4) is 67.5 Å². The van der Waals surface area contributed by atoms with Crippen LogP contribution < -0.4 is 65.7 Å². The minimum Gasteiger partial charge on any atom is -0.371 e. The number of fused-ring (bicyclic) bond motifs is 4. The zero-order valence-electron chi connectivity index (χ0n) is 81.6. The van der Waals surface area contributed by atoms with E-state index in [1.54, 1.807) is 114 Å². The highest BCUT2D eigenvalue weighted by molar-refractivity contribution is 6.00. The minimum absolute atomic E-state index is 0.119. The van der Waals surface area contributed by atoms with Crippen LogP contribution in [0.4, 0.5) is 46.0 Å². The van der Waals surface area contributed by atoms with Gasteiger partial charge in [0.15, 0.2) is 0 Å². The maximum atomic E-state index is 14.2. The van der Waals surface area contributed by atoms with Gasteiger partial charge in [-0.25, -0.2) is 39.3 Å². The molecule has 32 heteroatoms. The first kappa shape index (κ1) is 98.5. The largest absolute Gasteiger partial charge is 0.371 e. The molecular weight excluding hydrogens is 1850 g/mol. The third-order valence-electron chi connectivity index (χ3n) is 24.9. The first-order chi connectivity index (χ1) is 71.1. The number of para-hydroxylation sites is 4. The third-order valence-corrected chi connectivity index (χ3v) is 24.9. The normalized spacial score (nSPS) is 11.7. The van der Waals surface area contributed by atoms with Gasteiger partial charge in [0.05, 0.1) is 77.7 Å². The van der Waals surface area contributed by atoms with Crippen LogP contribution in [0, 0.1) is 54.0 Å². The summed E-state index contributed by atoms with van der Waals surface area (Å²) in [6.45, 7) is 44.7. The molecule has 0 saturated heterocycles. The Morgan fingerprint density at radius 3 is 0.966 bits per heavy atom. The number of nitrogens with zero attached hydrogens (tertiary/aromatic N) is 19. The van der Waals surface area contributed by atoms with Crippen LogP contribution in [0.1, 0.15) is 97.9 Å². The van der Waals surface area contributed by atoms with Crippen molar-refractivity contribution < 1.29 is 0 Å². The quantitative estimate of drug-likeness (QED) is 0.0442. The molecule has 0 saturated carbocycles. The van der Waals surface area contributed by atoms with Crippen LogP contribution in [0.3, 0.4) is 0 Å². The van der Waals surface area contributed by atoms with Gasteiger partial charge in [0.1, 0.15) is 46.6 Å². The average molecular weight is 1940 g/mol. The monoisotopic (exact) mass is 1940 g/mol. The molecule has 0 unspecified atom stereocenters. The van der Waals surface area contributed by atoms with Gasteiger partial charge in [-0.1, -0.05) is 158 Å². The number of rotatable bonds is 20. The molecule has 0 aliphatic carbocycles. The van der Waals surface area contributed by atoms with Crippen LogP contribution in [-0.2, 0) is 21.1 Å². The van der Waals surface area contributed by atoms with E-state index in [1.807, 2.05) is 258 Å². The summed E-state index contributed by atoms with van der Waals surface area (Å²) in [4.78, 5) is 157. The molecule has 8 aromatic carbocycles. The average Bonchev–Trinajstić information content (AvgIpc) is 0.757. The van der Waals surface area contributed by atoms with Gasteiger partial charge in [-0.3, -0.25) is 76.6 Å². The number of aromatic amines is 1. The molecule has 12 heterocycles.